The van der Waals surface area contributed by atoms with E-state index in [1.54, 1.807) is 6.92 Å². The average Bonchev–Trinajstić information content (AvgIpc) is 3.37. The zero-order chi connectivity index (χ0) is 24.7. The molecule has 0 spiro atoms. The molecule has 3 aromatic rings. The van der Waals surface area contributed by atoms with Crippen LogP contribution in [-0.4, -0.2) is 54.3 Å². The number of amides is 1. The van der Waals surface area contributed by atoms with Gasteiger partial charge in [0.15, 0.2) is 0 Å². The standard InChI is InChI=1S/C25H31FN6O2S/c1-3-34-12-15-10-32(11-19(15)27)21-7-4-14-8-16(5-6-20(14)31-21)30-24(33)23-22(28)17-9-18(26)13(2)29-25(17)35-23/h4,7,9,15-16,19H,3,5-6,8,10-12,27-28H2,1-2H3,(H,30,33). The number of nitrogens with zero attached hydrogens (tertiary/aromatic N) is 3. The van der Waals surface area contributed by atoms with E-state index in [-0.39, 0.29) is 23.7 Å². The van der Waals surface area contributed by atoms with Gasteiger partial charge in [0.2, 0.25) is 0 Å². The topological polar surface area (TPSA) is 119 Å². The second-order valence-corrected chi connectivity index (χ2v) is 10.4. The van der Waals surface area contributed by atoms with E-state index < -0.39 is 5.82 Å². The molecule has 2 aliphatic rings. The predicted molar refractivity (Wildman–Crippen MR) is 136 cm³/mol. The number of thiophene rings is 1. The molecule has 35 heavy (non-hydrogen) atoms. The summed E-state index contributed by atoms with van der Waals surface area (Å²) in [6.45, 7) is 6.59. The highest BCUT2D eigenvalue weighted by Crippen LogP contribution is 2.34. The molecule has 4 heterocycles. The number of rotatable bonds is 6. The Morgan fingerprint density at radius 1 is 1.34 bits per heavy atom. The Morgan fingerprint density at radius 2 is 2.17 bits per heavy atom. The quantitative estimate of drug-likeness (QED) is 0.478. The minimum Gasteiger partial charge on any atom is -0.397 e. The maximum atomic E-state index is 13.9. The van der Waals surface area contributed by atoms with E-state index in [0.29, 0.717) is 46.3 Å². The van der Waals surface area contributed by atoms with Crippen molar-refractivity contribution < 1.29 is 13.9 Å². The van der Waals surface area contributed by atoms with Crippen LogP contribution in [0.4, 0.5) is 15.9 Å². The van der Waals surface area contributed by atoms with Gasteiger partial charge in [0.1, 0.15) is 21.3 Å². The number of carbonyl (C=O) groups is 1. The minimum absolute atomic E-state index is 0.0190. The number of hydrogen-bond acceptors (Lipinski definition) is 8. The van der Waals surface area contributed by atoms with Crippen molar-refractivity contribution in [1.29, 1.82) is 0 Å². The molecule has 0 saturated carbocycles. The second-order valence-electron chi connectivity index (χ2n) is 9.43. The molecule has 5 rings (SSSR count). The number of fused-ring (bicyclic) bond motifs is 2. The van der Waals surface area contributed by atoms with Crippen molar-refractivity contribution in [1.82, 2.24) is 15.3 Å². The summed E-state index contributed by atoms with van der Waals surface area (Å²) in [5.74, 6) is 0.594. The summed E-state index contributed by atoms with van der Waals surface area (Å²) < 4.78 is 19.5. The number of nitrogens with two attached hydrogens (primary N) is 2. The lowest BCUT2D eigenvalue weighted by atomic mass is 9.91. The lowest BCUT2D eigenvalue weighted by Crippen LogP contribution is -2.39. The van der Waals surface area contributed by atoms with Gasteiger partial charge in [0, 0.05) is 48.8 Å². The Bertz CT molecular complexity index is 1260. The third-order valence-electron chi connectivity index (χ3n) is 6.99. The van der Waals surface area contributed by atoms with Crippen molar-refractivity contribution in [2.24, 2.45) is 11.7 Å². The lowest BCUT2D eigenvalue weighted by Gasteiger charge is -2.26. The molecule has 3 unspecified atom stereocenters. The van der Waals surface area contributed by atoms with Gasteiger partial charge in [-0.2, -0.15) is 0 Å². The summed E-state index contributed by atoms with van der Waals surface area (Å²) in [4.78, 5) is 25.4. The number of aryl methyl sites for hydroxylation is 2. The molecule has 1 aliphatic heterocycles. The largest absolute Gasteiger partial charge is 0.397 e. The Kier molecular flexibility index (Phi) is 6.61. The number of carbonyl (C=O) groups excluding carboxylic acids is 1. The van der Waals surface area contributed by atoms with E-state index in [0.717, 1.165) is 43.0 Å². The van der Waals surface area contributed by atoms with E-state index >= 15 is 0 Å². The lowest BCUT2D eigenvalue weighted by molar-refractivity contribution is 0.0938. The minimum atomic E-state index is -0.426. The van der Waals surface area contributed by atoms with Crippen LogP contribution in [0.3, 0.4) is 0 Å². The molecule has 0 radical (unpaired) electrons. The zero-order valence-corrected chi connectivity index (χ0v) is 20.8. The molecule has 10 heteroatoms. The third kappa shape index (κ3) is 4.70. The highest BCUT2D eigenvalue weighted by Gasteiger charge is 2.32. The monoisotopic (exact) mass is 498 g/mol. The molecule has 8 nitrogen and oxygen atoms in total. The number of nitrogen functional groups attached to an aromatic ring is 1. The number of ether oxygens (including phenoxy) is 1. The first-order valence-electron chi connectivity index (χ1n) is 12.1. The molecule has 0 bridgehead atoms. The van der Waals surface area contributed by atoms with Crippen molar-refractivity contribution in [3.05, 3.63) is 45.8 Å². The highest BCUT2D eigenvalue weighted by atomic mass is 32.1. The SMILES string of the molecule is CCOCC1CN(c2ccc3c(n2)CCC(NC(=O)c2sc4nc(C)c(F)cc4c2N)C3)CC1N. The third-order valence-corrected chi connectivity index (χ3v) is 8.11. The van der Waals surface area contributed by atoms with Gasteiger partial charge in [-0.1, -0.05) is 6.07 Å². The molecule has 0 aromatic carbocycles. The van der Waals surface area contributed by atoms with Crippen LogP contribution in [0.25, 0.3) is 10.2 Å². The summed E-state index contributed by atoms with van der Waals surface area (Å²) in [6.07, 6.45) is 2.28. The van der Waals surface area contributed by atoms with Crippen molar-refractivity contribution in [2.45, 2.75) is 45.2 Å². The number of aromatic nitrogens is 2. The van der Waals surface area contributed by atoms with Gasteiger partial charge in [-0.3, -0.25) is 4.79 Å². The van der Waals surface area contributed by atoms with E-state index in [1.165, 1.54) is 17.4 Å². The van der Waals surface area contributed by atoms with Crippen LogP contribution in [0.15, 0.2) is 18.2 Å². The van der Waals surface area contributed by atoms with Crippen molar-refractivity contribution in [2.75, 3.05) is 36.9 Å². The second kappa shape index (κ2) is 9.67. The fourth-order valence-corrected chi connectivity index (χ4v) is 5.98. The fourth-order valence-electron chi connectivity index (χ4n) is 4.95. The smallest absolute Gasteiger partial charge is 0.263 e. The fraction of sp³-hybridized carbons (Fsp3) is 0.480. The van der Waals surface area contributed by atoms with Gasteiger partial charge in [-0.15, -0.1) is 11.3 Å². The van der Waals surface area contributed by atoms with Gasteiger partial charge in [-0.25, -0.2) is 14.4 Å². The Labute approximate surface area is 207 Å². The summed E-state index contributed by atoms with van der Waals surface area (Å²) >= 11 is 1.20. The maximum absolute atomic E-state index is 13.9. The van der Waals surface area contributed by atoms with Crippen LogP contribution in [0, 0.1) is 18.7 Å². The van der Waals surface area contributed by atoms with Crippen LogP contribution < -0.4 is 21.7 Å². The van der Waals surface area contributed by atoms with Crippen LogP contribution in [0.2, 0.25) is 0 Å². The van der Waals surface area contributed by atoms with E-state index in [1.807, 2.05) is 13.0 Å². The summed E-state index contributed by atoms with van der Waals surface area (Å²) in [5.41, 5.74) is 15.3. The predicted octanol–water partition coefficient (Wildman–Crippen LogP) is 2.81. The first kappa shape index (κ1) is 23.9. The van der Waals surface area contributed by atoms with Crippen molar-refractivity contribution in [3.8, 4) is 0 Å². The van der Waals surface area contributed by atoms with E-state index in [4.69, 9.17) is 21.2 Å². The van der Waals surface area contributed by atoms with Gasteiger partial charge in [-0.05, 0) is 50.8 Å². The Morgan fingerprint density at radius 3 is 2.97 bits per heavy atom. The summed E-state index contributed by atoms with van der Waals surface area (Å²) in [6, 6.07) is 5.57. The Balaban J connectivity index is 1.25. The molecular formula is C25H31FN6O2S. The number of anilines is 2. The molecule has 1 saturated heterocycles. The first-order valence-corrected chi connectivity index (χ1v) is 12.9. The maximum Gasteiger partial charge on any atom is 0.263 e. The van der Waals surface area contributed by atoms with E-state index in [9.17, 15) is 9.18 Å². The molecule has 3 aromatic heterocycles. The molecular weight excluding hydrogens is 467 g/mol. The zero-order valence-electron chi connectivity index (χ0n) is 20.0. The Hall–Kier alpha value is -2.82. The van der Waals surface area contributed by atoms with Crippen LogP contribution in [0.1, 0.15) is 40.0 Å². The van der Waals surface area contributed by atoms with Crippen LogP contribution in [-0.2, 0) is 17.6 Å². The summed E-state index contributed by atoms with van der Waals surface area (Å²) in [5, 5.41) is 3.59. The molecule has 3 atom stereocenters. The molecule has 186 valence electrons. The van der Waals surface area contributed by atoms with Gasteiger partial charge in [0.25, 0.3) is 5.91 Å². The molecule has 1 fully saturated rings. The average molecular weight is 499 g/mol. The van der Waals surface area contributed by atoms with E-state index in [2.05, 4.69) is 21.3 Å². The molecule has 1 aliphatic carbocycles. The number of nitrogens with one attached hydrogen (secondary N) is 1. The van der Waals surface area contributed by atoms with Crippen molar-refractivity contribution in [3.63, 3.8) is 0 Å². The molecule has 1 amide bonds. The highest BCUT2D eigenvalue weighted by molar-refractivity contribution is 7.21. The van der Waals surface area contributed by atoms with Crippen molar-refractivity contribution >= 4 is 39.0 Å². The summed E-state index contributed by atoms with van der Waals surface area (Å²) in [7, 11) is 0. The normalized spacial score (nSPS) is 21.9. The number of hydrogen-bond donors (Lipinski definition) is 3. The number of halogens is 1. The first-order chi connectivity index (χ1) is 16.8. The van der Waals surface area contributed by atoms with Gasteiger partial charge >= 0.3 is 0 Å². The molecule has 5 N–H and O–H groups in total. The van der Waals surface area contributed by atoms with Crippen LogP contribution in [0.5, 0.6) is 0 Å². The van der Waals surface area contributed by atoms with Gasteiger partial charge in [0.05, 0.1) is 18.0 Å². The number of pyridine rings is 2. The van der Waals surface area contributed by atoms with Crippen LogP contribution >= 0.6 is 11.3 Å². The van der Waals surface area contributed by atoms with Gasteiger partial charge < -0.3 is 26.4 Å².